The molecule has 1 aromatic heterocycles. The predicted octanol–water partition coefficient (Wildman–Crippen LogP) is 2.90. The summed E-state index contributed by atoms with van der Waals surface area (Å²) in [6, 6.07) is 5.67. The summed E-state index contributed by atoms with van der Waals surface area (Å²) in [5.74, 6) is -0.244. The fourth-order valence-electron chi connectivity index (χ4n) is 3.83. The van der Waals surface area contributed by atoms with Crippen LogP contribution >= 0.6 is 0 Å². The molecular weight excluding hydrogens is 436 g/mol. The van der Waals surface area contributed by atoms with Crippen molar-refractivity contribution < 1.29 is 31.3 Å². The molecule has 190 valence electrons. The van der Waals surface area contributed by atoms with E-state index in [-0.39, 0.29) is 37.4 Å². The smallest absolute Gasteiger partial charge is 0.305 e. The van der Waals surface area contributed by atoms with Gasteiger partial charge < -0.3 is 22.5 Å². The number of pyridine rings is 1. The number of hydrogen-bond acceptors (Lipinski definition) is 3. The van der Waals surface area contributed by atoms with Gasteiger partial charge in [-0.1, -0.05) is 103 Å². The molecule has 1 N–H and O–H groups in total. The number of nitrogens with zero attached hydrogens (tertiary/aromatic N) is 1. The molecule has 0 aromatic carbocycles. The van der Waals surface area contributed by atoms with Crippen LogP contribution < -0.4 is 22.3 Å². The van der Waals surface area contributed by atoms with E-state index in [1.807, 2.05) is 30.6 Å². The maximum atomic E-state index is 11.8. The van der Waals surface area contributed by atoms with Crippen molar-refractivity contribution in [2.24, 2.45) is 0 Å². The molecule has 0 radical (unpaired) electrons. The minimum atomic E-state index is -0.161. The first-order chi connectivity index (χ1) is 15.7. The normalized spacial score (nSPS) is 10.5. The van der Waals surface area contributed by atoms with Gasteiger partial charge in [0.1, 0.15) is 6.61 Å². The molecule has 0 aliphatic rings. The quantitative estimate of drug-likeness (QED) is 0.166. The number of nitrogens with one attached hydrogen (secondary N) is 1. The van der Waals surface area contributed by atoms with Gasteiger partial charge in [0.25, 0.3) is 5.91 Å². The van der Waals surface area contributed by atoms with Crippen LogP contribution in [0.4, 0.5) is 0 Å². The number of unbranched alkanes of at least 4 members (excludes halogenated alkanes) is 14. The number of hydrogen-bond donors (Lipinski definition) is 1. The largest absolute Gasteiger partial charge is 1.00 e. The van der Waals surface area contributed by atoms with E-state index in [9.17, 15) is 9.59 Å². The summed E-state index contributed by atoms with van der Waals surface area (Å²) in [6.07, 6.45) is 23.9. The van der Waals surface area contributed by atoms with Crippen LogP contribution in [0.3, 0.4) is 0 Å². The number of aromatic nitrogens is 1. The van der Waals surface area contributed by atoms with Crippen LogP contribution in [0, 0.1) is 0 Å². The van der Waals surface area contributed by atoms with Gasteiger partial charge in [0.05, 0.1) is 6.54 Å². The van der Waals surface area contributed by atoms with Crippen molar-refractivity contribution in [2.75, 3.05) is 13.2 Å². The summed E-state index contributed by atoms with van der Waals surface area (Å²) in [4.78, 5) is 23.6. The zero-order valence-electron chi connectivity index (χ0n) is 20.9. The van der Waals surface area contributed by atoms with Crippen molar-refractivity contribution in [3.63, 3.8) is 0 Å². The second kappa shape index (κ2) is 23.5. The molecule has 1 aromatic rings. The first kappa shape index (κ1) is 31.4. The van der Waals surface area contributed by atoms with Gasteiger partial charge in [-0.3, -0.25) is 9.59 Å². The van der Waals surface area contributed by atoms with Gasteiger partial charge in [-0.05, 0) is 6.42 Å². The average Bonchev–Trinajstić information content (AvgIpc) is 2.80. The first-order valence-electron chi connectivity index (χ1n) is 13.1. The second-order valence-corrected chi connectivity index (χ2v) is 8.82. The average molecular weight is 483 g/mol. The van der Waals surface area contributed by atoms with Crippen LogP contribution in [0.1, 0.15) is 110 Å². The van der Waals surface area contributed by atoms with Gasteiger partial charge in [-0.15, -0.1) is 0 Å². The molecule has 6 heteroatoms. The molecule has 0 atom stereocenters. The van der Waals surface area contributed by atoms with Crippen molar-refractivity contribution in [3.8, 4) is 0 Å². The lowest BCUT2D eigenvalue weighted by molar-refractivity contribution is -0.684. The van der Waals surface area contributed by atoms with Crippen molar-refractivity contribution in [3.05, 3.63) is 30.6 Å². The molecule has 0 fully saturated rings. The Kier molecular flexibility index (Phi) is 22.4. The third-order valence-electron chi connectivity index (χ3n) is 5.78. The van der Waals surface area contributed by atoms with Gasteiger partial charge >= 0.3 is 5.97 Å². The van der Waals surface area contributed by atoms with Gasteiger partial charge in [-0.25, -0.2) is 0 Å². The summed E-state index contributed by atoms with van der Waals surface area (Å²) < 4.78 is 7.00. The van der Waals surface area contributed by atoms with E-state index in [0.29, 0.717) is 13.0 Å². The van der Waals surface area contributed by atoms with Gasteiger partial charge in [0.15, 0.2) is 12.4 Å². The highest BCUT2D eigenvalue weighted by molar-refractivity contribution is 5.74. The Balaban J connectivity index is 0.0000102. The van der Waals surface area contributed by atoms with Gasteiger partial charge in [-0.2, -0.15) is 4.57 Å². The summed E-state index contributed by atoms with van der Waals surface area (Å²) in [5, 5.41) is 2.77. The van der Waals surface area contributed by atoms with Crippen LogP contribution in [0.15, 0.2) is 30.6 Å². The van der Waals surface area contributed by atoms with Crippen LogP contribution in [0.25, 0.3) is 0 Å². The molecule has 0 aliphatic carbocycles. The Morgan fingerprint density at radius 3 is 1.73 bits per heavy atom. The van der Waals surface area contributed by atoms with Crippen LogP contribution in [-0.4, -0.2) is 25.0 Å². The highest BCUT2D eigenvalue weighted by Gasteiger charge is 2.08. The number of halogens is 1. The standard InChI is InChI=1S/C27H46N2O3.ClH/c1-2-3-4-5-6-7-8-9-10-11-12-13-14-15-17-20-27(31)32-24-21-28-26(30)25-29-22-18-16-19-23-29;/h16,18-19,22-23H,2-15,17,20-21,24-25H2,1H3;1H. The van der Waals surface area contributed by atoms with Crippen molar-refractivity contribution in [2.45, 2.75) is 116 Å². The minimum Gasteiger partial charge on any atom is -1.00 e. The van der Waals surface area contributed by atoms with Crippen LogP contribution in [0.5, 0.6) is 0 Å². The molecule has 0 spiro atoms. The molecule has 33 heavy (non-hydrogen) atoms. The highest BCUT2D eigenvalue weighted by Crippen LogP contribution is 2.13. The molecular formula is C27H47ClN2O3. The molecule has 1 rings (SSSR count). The second-order valence-electron chi connectivity index (χ2n) is 8.82. The molecule has 0 saturated carbocycles. The van der Waals surface area contributed by atoms with Gasteiger partial charge in [0.2, 0.25) is 6.54 Å². The maximum Gasteiger partial charge on any atom is 0.305 e. The lowest BCUT2D eigenvalue weighted by Crippen LogP contribution is -3.00. The first-order valence-corrected chi connectivity index (χ1v) is 13.1. The molecule has 1 amide bonds. The van der Waals surface area contributed by atoms with Crippen LogP contribution in [0.2, 0.25) is 0 Å². The van der Waals surface area contributed by atoms with E-state index in [2.05, 4.69) is 12.2 Å². The minimum absolute atomic E-state index is 0. The van der Waals surface area contributed by atoms with E-state index in [1.165, 1.54) is 83.5 Å². The number of amides is 1. The number of ether oxygens (including phenoxy) is 1. The highest BCUT2D eigenvalue weighted by atomic mass is 35.5. The molecule has 5 nitrogen and oxygen atoms in total. The molecule has 0 aliphatic heterocycles. The topological polar surface area (TPSA) is 59.3 Å². The fraction of sp³-hybridized carbons (Fsp3) is 0.741. The summed E-state index contributed by atoms with van der Waals surface area (Å²) in [6.45, 7) is 3.14. The van der Waals surface area contributed by atoms with Gasteiger partial charge in [0, 0.05) is 18.6 Å². The molecule has 0 unspecified atom stereocenters. The lowest BCUT2D eigenvalue weighted by Gasteiger charge is -2.06. The van der Waals surface area contributed by atoms with E-state index >= 15 is 0 Å². The molecule has 0 saturated heterocycles. The summed E-state index contributed by atoms with van der Waals surface area (Å²) in [5.41, 5.74) is 0. The third kappa shape index (κ3) is 20.7. The van der Waals surface area contributed by atoms with Crippen molar-refractivity contribution in [1.29, 1.82) is 0 Å². The predicted molar refractivity (Wildman–Crippen MR) is 130 cm³/mol. The third-order valence-corrected chi connectivity index (χ3v) is 5.78. The van der Waals surface area contributed by atoms with E-state index < -0.39 is 0 Å². The number of esters is 1. The Morgan fingerprint density at radius 2 is 1.21 bits per heavy atom. The fourth-order valence-corrected chi connectivity index (χ4v) is 3.83. The summed E-state index contributed by atoms with van der Waals surface area (Å²) >= 11 is 0. The van der Waals surface area contributed by atoms with E-state index in [1.54, 1.807) is 4.57 Å². The summed E-state index contributed by atoms with van der Waals surface area (Å²) in [7, 11) is 0. The number of carbonyl (C=O) groups is 2. The number of rotatable bonds is 21. The Hall–Kier alpha value is -1.62. The maximum absolute atomic E-state index is 11.8. The monoisotopic (exact) mass is 482 g/mol. The molecule has 1 heterocycles. The number of carbonyl (C=O) groups excluding carboxylic acids is 2. The Morgan fingerprint density at radius 1 is 0.727 bits per heavy atom. The van der Waals surface area contributed by atoms with Crippen LogP contribution in [-0.2, 0) is 20.9 Å². The van der Waals surface area contributed by atoms with E-state index in [0.717, 1.165) is 12.8 Å². The van der Waals surface area contributed by atoms with Crippen molar-refractivity contribution >= 4 is 11.9 Å². The lowest BCUT2D eigenvalue weighted by atomic mass is 10.0. The van der Waals surface area contributed by atoms with Crippen molar-refractivity contribution in [1.82, 2.24) is 5.32 Å². The SMILES string of the molecule is CCCCCCCCCCCCCCCCCC(=O)OCCNC(=O)C[n+]1ccccc1.[Cl-]. The molecule has 0 bridgehead atoms. The zero-order chi connectivity index (χ0) is 23.1. The Bertz CT molecular complexity index is 584. The Labute approximate surface area is 208 Å². The zero-order valence-corrected chi connectivity index (χ0v) is 21.6. The van der Waals surface area contributed by atoms with E-state index in [4.69, 9.17) is 4.74 Å².